The van der Waals surface area contributed by atoms with Gasteiger partial charge < -0.3 is 14.8 Å². The summed E-state index contributed by atoms with van der Waals surface area (Å²) in [6.07, 6.45) is 1.05. The zero-order valence-corrected chi connectivity index (χ0v) is 15.9. The number of aryl methyl sites for hydroxylation is 2. The van der Waals surface area contributed by atoms with Gasteiger partial charge in [-0.25, -0.2) is 8.42 Å². The summed E-state index contributed by atoms with van der Waals surface area (Å²) in [5.74, 6) is 0.648. The molecule has 0 aliphatic heterocycles. The minimum absolute atomic E-state index is 0.142. The Hall–Kier alpha value is -2.74. The number of hydrogen-bond donors (Lipinski definition) is 2. The summed E-state index contributed by atoms with van der Waals surface area (Å²) in [6, 6.07) is 10.4. The Balaban J connectivity index is 2.05. The van der Waals surface area contributed by atoms with Gasteiger partial charge in [-0.1, -0.05) is 18.2 Å². The molecule has 0 unspecified atom stereocenters. The molecule has 2 aromatic rings. The number of methoxy groups -OCH3 is 1. The van der Waals surface area contributed by atoms with Crippen molar-refractivity contribution in [1.29, 1.82) is 0 Å². The monoisotopic (exact) mass is 378 g/mol. The van der Waals surface area contributed by atoms with Crippen LogP contribution in [0.4, 0.5) is 11.4 Å². The van der Waals surface area contributed by atoms with Gasteiger partial charge in [0.2, 0.25) is 10.0 Å². The average molecular weight is 378 g/mol. The van der Waals surface area contributed by atoms with Crippen molar-refractivity contribution in [2.24, 2.45) is 0 Å². The number of amides is 1. The predicted molar refractivity (Wildman–Crippen MR) is 102 cm³/mol. The van der Waals surface area contributed by atoms with E-state index in [9.17, 15) is 13.2 Å². The number of sulfonamides is 1. The lowest BCUT2D eigenvalue weighted by Gasteiger charge is -2.14. The molecule has 0 heterocycles. The quantitative estimate of drug-likeness (QED) is 0.773. The second-order valence-electron chi connectivity index (χ2n) is 5.85. The number of nitrogens with one attached hydrogen (secondary N) is 2. The molecule has 2 aromatic carbocycles. The van der Waals surface area contributed by atoms with Crippen LogP contribution in [0.25, 0.3) is 0 Å². The van der Waals surface area contributed by atoms with E-state index < -0.39 is 10.0 Å². The second-order valence-corrected chi connectivity index (χ2v) is 7.60. The van der Waals surface area contributed by atoms with E-state index in [1.807, 2.05) is 32.0 Å². The molecule has 0 atom stereocenters. The fraction of sp³-hybridized carbons (Fsp3) is 0.278. The largest absolute Gasteiger partial charge is 0.494 e. The van der Waals surface area contributed by atoms with Gasteiger partial charge in [0.25, 0.3) is 5.91 Å². The van der Waals surface area contributed by atoms with Crippen molar-refractivity contribution < 1.29 is 22.7 Å². The van der Waals surface area contributed by atoms with Gasteiger partial charge in [0, 0.05) is 11.8 Å². The first-order valence-electron chi connectivity index (χ1n) is 7.84. The van der Waals surface area contributed by atoms with Gasteiger partial charge in [0.15, 0.2) is 6.61 Å². The van der Waals surface area contributed by atoms with Crippen LogP contribution >= 0.6 is 0 Å². The van der Waals surface area contributed by atoms with Crippen molar-refractivity contribution in [2.45, 2.75) is 13.8 Å². The fourth-order valence-electron chi connectivity index (χ4n) is 2.41. The zero-order valence-electron chi connectivity index (χ0n) is 15.1. The highest BCUT2D eigenvalue weighted by molar-refractivity contribution is 7.92. The summed E-state index contributed by atoms with van der Waals surface area (Å²) in [5.41, 5.74) is 2.67. The van der Waals surface area contributed by atoms with Crippen LogP contribution in [0.15, 0.2) is 36.4 Å². The molecule has 8 heteroatoms. The van der Waals surface area contributed by atoms with Crippen molar-refractivity contribution in [2.75, 3.05) is 30.0 Å². The number of para-hydroxylation sites is 1. The second kappa shape index (κ2) is 8.09. The third-order valence-electron chi connectivity index (χ3n) is 3.54. The highest BCUT2D eigenvalue weighted by atomic mass is 32.2. The SMILES string of the molecule is COc1cc(NC(=O)COc2c(C)cccc2C)ccc1NS(C)(=O)=O. The number of anilines is 2. The van der Waals surface area contributed by atoms with Crippen LogP contribution in [-0.2, 0) is 14.8 Å². The normalized spacial score (nSPS) is 10.9. The van der Waals surface area contributed by atoms with Crippen molar-refractivity contribution in [3.63, 3.8) is 0 Å². The van der Waals surface area contributed by atoms with Crippen molar-refractivity contribution in [3.8, 4) is 11.5 Å². The van der Waals surface area contributed by atoms with Gasteiger partial charge >= 0.3 is 0 Å². The number of ether oxygens (including phenoxy) is 2. The Kier molecular flexibility index (Phi) is 6.10. The van der Waals surface area contributed by atoms with Crippen LogP contribution in [0.5, 0.6) is 11.5 Å². The van der Waals surface area contributed by atoms with Crippen LogP contribution in [0, 0.1) is 13.8 Å². The lowest BCUT2D eigenvalue weighted by Crippen LogP contribution is -2.20. The molecule has 0 aliphatic rings. The molecule has 2 N–H and O–H groups in total. The molecule has 1 amide bonds. The van der Waals surface area contributed by atoms with Gasteiger partial charge in [0.05, 0.1) is 19.1 Å². The smallest absolute Gasteiger partial charge is 0.262 e. The van der Waals surface area contributed by atoms with Crippen LogP contribution in [-0.4, -0.2) is 34.3 Å². The van der Waals surface area contributed by atoms with Gasteiger partial charge in [-0.3, -0.25) is 9.52 Å². The minimum Gasteiger partial charge on any atom is -0.494 e. The first-order chi connectivity index (χ1) is 12.2. The van der Waals surface area contributed by atoms with E-state index in [4.69, 9.17) is 9.47 Å². The Morgan fingerprint density at radius 3 is 2.35 bits per heavy atom. The molecule has 0 fully saturated rings. The Bertz CT molecular complexity index is 890. The molecule has 0 saturated carbocycles. The van der Waals surface area contributed by atoms with Gasteiger partial charge in [-0.15, -0.1) is 0 Å². The van der Waals surface area contributed by atoms with E-state index in [-0.39, 0.29) is 12.5 Å². The molecule has 140 valence electrons. The van der Waals surface area contributed by atoms with E-state index in [1.54, 1.807) is 6.07 Å². The molecule has 0 spiro atoms. The van der Waals surface area contributed by atoms with Gasteiger partial charge in [0.1, 0.15) is 11.5 Å². The number of rotatable bonds is 7. The highest BCUT2D eigenvalue weighted by Crippen LogP contribution is 2.28. The van der Waals surface area contributed by atoms with E-state index in [0.29, 0.717) is 22.9 Å². The Morgan fingerprint density at radius 1 is 1.12 bits per heavy atom. The number of carbonyl (C=O) groups is 1. The summed E-state index contributed by atoms with van der Waals surface area (Å²) < 4.78 is 35.8. The van der Waals surface area contributed by atoms with Crippen LogP contribution in [0.2, 0.25) is 0 Å². The lowest BCUT2D eigenvalue weighted by atomic mass is 10.1. The summed E-state index contributed by atoms with van der Waals surface area (Å²) in [7, 11) is -2.02. The predicted octanol–water partition coefficient (Wildman–Crippen LogP) is 2.70. The standard InChI is InChI=1S/C18H22N2O5S/c1-12-6-5-7-13(2)18(12)25-11-17(21)19-14-8-9-15(16(10-14)24-3)20-26(4,22)23/h5-10,20H,11H2,1-4H3,(H,19,21). The maximum atomic E-state index is 12.1. The fourth-order valence-corrected chi connectivity index (χ4v) is 2.98. The molecule has 2 rings (SSSR count). The highest BCUT2D eigenvalue weighted by Gasteiger charge is 2.11. The maximum Gasteiger partial charge on any atom is 0.262 e. The number of benzene rings is 2. The van der Waals surface area contributed by atoms with Gasteiger partial charge in [-0.05, 0) is 37.1 Å². The van der Waals surface area contributed by atoms with E-state index >= 15 is 0 Å². The average Bonchev–Trinajstić information content (AvgIpc) is 2.54. The Labute approximate surface area is 153 Å². The zero-order chi connectivity index (χ0) is 19.3. The molecule has 0 aromatic heterocycles. The number of hydrogen-bond acceptors (Lipinski definition) is 5. The topological polar surface area (TPSA) is 93.7 Å². The van der Waals surface area contributed by atoms with Crippen molar-refractivity contribution in [3.05, 3.63) is 47.5 Å². The lowest BCUT2D eigenvalue weighted by molar-refractivity contribution is -0.118. The number of carbonyl (C=O) groups excluding carboxylic acids is 1. The van der Waals surface area contributed by atoms with Crippen LogP contribution in [0.3, 0.4) is 0 Å². The van der Waals surface area contributed by atoms with Crippen LogP contribution in [0.1, 0.15) is 11.1 Å². The summed E-state index contributed by atoms with van der Waals surface area (Å²) >= 11 is 0. The minimum atomic E-state index is -3.43. The van der Waals surface area contributed by atoms with Gasteiger partial charge in [-0.2, -0.15) is 0 Å². The van der Waals surface area contributed by atoms with Crippen molar-refractivity contribution in [1.82, 2.24) is 0 Å². The molecule has 0 aliphatic carbocycles. The summed E-state index contributed by atoms with van der Waals surface area (Å²) in [4.78, 5) is 12.1. The molecule has 0 saturated heterocycles. The molecule has 0 radical (unpaired) electrons. The maximum absolute atomic E-state index is 12.1. The molecular weight excluding hydrogens is 356 g/mol. The van der Waals surface area contributed by atoms with E-state index in [1.165, 1.54) is 19.2 Å². The van der Waals surface area contributed by atoms with E-state index in [0.717, 1.165) is 17.4 Å². The molecular formula is C18H22N2O5S. The summed E-state index contributed by atoms with van der Waals surface area (Å²) in [6.45, 7) is 3.69. The van der Waals surface area contributed by atoms with Crippen molar-refractivity contribution >= 4 is 27.3 Å². The molecule has 0 bridgehead atoms. The Morgan fingerprint density at radius 2 is 1.77 bits per heavy atom. The summed E-state index contributed by atoms with van der Waals surface area (Å²) in [5, 5.41) is 2.69. The third kappa shape index (κ3) is 5.38. The molecule has 26 heavy (non-hydrogen) atoms. The van der Waals surface area contributed by atoms with Crippen LogP contribution < -0.4 is 19.5 Å². The first-order valence-corrected chi connectivity index (χ1v) is 9.73. The van der Waals surface area contributed by atoms with E-state index in [2.05, 4.69) is 10.0 Å². The first kappa shape index (κ1) is 19.6. The third-order valence-corrected chi connectivity index (χ3v) is 4.13. The molecule has 7 nitrogen and oxygen atoms in total.